The number of benzene rings is 1. The zero-order valence-electron chi connectivity index (χ0n) is 9.52. The van der Waals surface area contributed by atoms with Crippen molar-refractivity contribution in [2.45, 2.75) is 13.0 Å². The molecule has 0 aliphatic heterocycles. The fourth-order valence-corrected chi connectivity index (χ4v) is 1.62. The molecule has 1 amide bonds. The molecular weight excluding hydrogens is 277 g/mol. The molecule has 0 saturated carbocycles. The second-order valence-corrected chi connectivity index (χ2v) is 4.26. The largest absolute Gasteiger partial charge is 0.449 e. The number of carbonyl (C=O) groups excluding carboxylic acids is 2. The summed E-state index contributed by atoms with van der Waals surface area (Å²) in [4.78, 5) is 22.0. The van der Waals surface area contributed by atoms with Gasteiger partial charge >= 0.3 is 5.97 Å². The quantitative estimate of drug-likeness (QED) is 0.683. The van der Waals surface area contributed by atoms with Crippen molar-refractivity contribution in [1.82, 2.24) is 0 Å². The molecule has 96 valence electrons. The molecular formula is C12H11Cl2NO3. The number of primary amides is 1. The van der Waals surface area contributed by atoms with Crippen molar-refractivity contribution < 1.29 is 14.3 Å². The van der Waals surface area contributed by atoms with Gasteiger partial charge in [0, 0.05) is 21.7 Å². The third-order valence-electron chi connectivity index (χ3n) is 2.08. The average Bonchev–Trinajstić information content (AvgIpc) is 2.28. The fourth-order valence-electron chi connectivity index (χ4n) is 1.09. The molecule has 0 aromatic heterocycles. The Morgan fingerprint density at radius 2 is 1.89 bits per heavy atom. The summed E-state index contributed by atoms with van der Waals surface area (Å²) in [5, 5.41) is 0.823. The summed E-state index contributed by atoms with van der Waals surface area (Å²) < 4.78 is 4.73. The lowest BCUT2D eigenvalue weighted by Crippen LogP contribution is -2.29. The lowest BCUT2D eigenvalue weighted by molar-refractivity contribution is -0.148. The van der Waals surface area contributed by atoms with E-state index in [1.54, 1.807) is 18.2 Å². The Morgan fingerprint density at radius 1 is 1.33 bits per heavy atom. The second-order valence-electron chi connectivity index (χ2n) is 3.45. The van der Waals surface area contributed by atoms with Gasteiger partial charge in [-0.05, 0) is 25.1 Å². The van der Waals surface area contributed by atoms with E-state index < -0.39 is 18.0 Å². The van der Waals surface area contributed by atoms with Gasteiger partial charge in [0.05, 0.1) is 0 Å². The smallest absolute Gasteiger partial charge is 0.331 e. The molecule has 1 aromatic carbocycles. The average molecular weight is 288 g/mol. The summed E-state index contributed by atoms with van der Waals surface area (Å²) in [7, 11) is 0. The van der Waals surface area contributed by atoms with Crippen LogP contribution in [0.4, 0.5) is 0 Å². The molecule has 0 aliphatic rings. The molecule has 2 N–H and O–H groups in total. The normalized spacial score (nSPS) is 12.4. The van der Waals surface area contributed by atoms with Crippen molar-refractivity contribution >= 4 is 41.2 Å². The Kier molecular flexibility index (Phi) is 5.19. The molecule has 0 heterocycles. The van der Waals surface area contributed by atoms with Crippen LogP contribution < -0.4 is 5.73 Å². The van der Waals surface area contributed by atoms with Crippen LogP contribution in [0.15, 0.2) is 24.3 Å². The first-order valence-electron chi connectivity index (χ1n) is 5.04. The van der Waals surface area contributed by atoms with Crippen LogP contribution in [0.5, 0.6) is 0 Å². The maximum Gasteiger partial charge on any atom is 0.331 e. The highest BCUT2D eigenvalue weighted by atomic mass is 35.5. The number of carbonyl (C=O) groups is 2. The van der Waals surface area contributed by atoms with E-state index in [2.05, 4.69) is 0 Å². The highest BCUT2D eigenvalue weighted by Crippen LogP contribution is 2.25. The molecule has 0 radical (unpaired) electrons. The summed E-state index contributed by atoms with van der Waals surface area (Å²) >= 11 is 11.8. The fraction of sp³-hybridized carbons (Fsp3) is 0.167. The van der Waals surface area contributed by atoms with Crippen LogP contribution in [0.1, 0.15) is 12.5 Å². The van der Waals surface area contributed by atoms with Crippen molar-refractivity contribution in [3.8, 4) is 0 Å². The van der Waals surface area contributed by atoms with Crippen molar-refractivity contribution in [3.63, 3.8) is 0 Å². The first-order valence-corrected chi connectivity index (χ1v) is 5.79. The van der Waals surface area contributed by atoms with Crippen molar-refractivity contribution in [3.05, 3.63) is 39.9 Å². The van der Waals surface area contributed by atoms with E-state index in [1.807, 2.05) is 0 Å². The van der Waals surface area contributed by atoms with E-state index in [0.717, 1.165) is 6.08 Å². The molecule has 1 aromatic rings. The van der Waals surface area contributed by atoms with E-state index in [9.17, 15) is 9.59 Å². The molecule has 0 bridgehead atoms. The number of amides is 1. The van der Waals surface area contributed by atoms with Gasteiger partial charge in [0.2, 0.25) is 0 Å². The second kappa shape index (κ2) is 6.42. The number of nitrogens with two attached hydrogens (primary N) is 1. The number of hydrogen-bond acceptors (Lipinski definition) is 3. The Balaban J connectivity index is 2.75. The SMILES string of the molecule is C[C@@H](OC(=O)/C=C/c1c(Cl)cccc1Cl)C(N)=O. The van der Waals surface area contributed by atoms with Crippen LogP contribution in [0, 0.1) is 0 Å². The molecule has 0 spiro atoms. The first kappa shape index (κ1) is 14.5. The number of esters is 1. The molecule has 6 heteroatoms. The lowest BCUT2D eigenvalue weighted by Gasteiger charge is -2.06. The lowest BCUT2D eigenvalue weighted by atomic mass is 10.2. The van der Waals surface area contributed by atoms with Gasteiger partial charge < -0.3 is 10.5 Å². The predicted octanol–water partition coefficient (Wildman–Crippen LogP) is 2.42. The highest BCUT2D eigenvalue weighted by Gasteiger charge is 2.12. The minimum Gasteiger partial charge on any atom is -0.449 e. The molecule has 4 nitrogen and oxygen atoms in total. The summed E-state index contributed by atoms with van der Waals surface area (Å²) in [6, 6.07) is 4.98. The van der Waals surface area contributed by atoms with Gasteiger partial charge in [0.25, 0.3) is 5.91 Å². The Morgan fingerprint density at radius 3 is 2.39 bits per heavy atom. The monoisotopic (exact) mass is 287 g/mol. The summed E-state index contributed by atoms with van der Waals surface area (Å²) in [6.45, 7) is 1.39. The van der Waals surface area contributed by atoms with E-state index in [-0.39, 0.29) is 0 Å². The molecule has 0 aliphatic carbocycles. The summed E-state index contributed by atoms with van der Waals surface area (Å²) in [5.74, 6) is -1.41. The number of hydrogen-bond donors (Lipinski definition) is 1. The predicted molar refractivity (Wildman–Crippen MR) is 70.2 cm³/mol. The summed E-state index contributed by atoms with van der Waals surface area (Å²) in [5.41, 5.74) is 5.46. The standard InChI is InChI=1S/C12H11Cl2NO3/c1-7(12(15)17)18-11(16)6-5-8-9(13)3-2-4-10(8)14/h2-7H,1H3,(H2,15,17)/b6-5+/t7-/m1/s1. The van der Waals surface area contributed by atoms with Gasteiger partial charge in [-0.15, -0.1) is 0 Å². The van der Waals surface area contributed by atoms with Gasteiger partial charge in [0.1, 0.15) is 0 Å². The van der Waals surface area contributed by atoms with E-state index in [0.29, 0.717) is 15.6 Å². The van der Waals surface area contributed by atoms with Crippen LogP contribution in [0.2, 0.25) is 10.0 Å². The number of halogens is 2. The molecule has 1 rings (SSSR count). The topological polar surface area (TPSA) is 69.4 Å². The van der Waals surface area contributed by atoms with E-state index in [1.165, 1.54) is 13.0 Å². The minimum absolute atomic E-state index is 0.412. The van der Waals surface area contributed by atoms with Crippen LogP contribution in [0.25, 0.3) is 6.08 Å². The zero-order valence-corrected chi connectivity index (χ0v) is 11.0. The van der Waals surface area contributed by atoms with Crippen LogP contribution in [-0.2, 0) is 14.3 Å². The third-order valence-corrected chi connectivity index (χ3v) is 2.74. The van der Waals surface area contributed by atoms with Gasteiger partial charge in [-0.2, -0.15) is 0 Å². The summed E-state index contributed by atoms with van der Waals surface area (Å²) in [6.07, 6.45) is 1.57. The molecule has 18 heavy (non-hydrogen) atoms. The first-order chi connectivity index (χ1) is 8.41. The number of ether oxygens (including phenoxy) is 1. The maximum absolute atomic E-state index is 11.4. The van der Waals surface area contributed by atoms with Crippen molar-refractivity contribution in [2.75, 3.05) is 0 Å². The Labute approximate surface area is 114 Å². The van der Waals surface area contributed by atoms with Gasteiger partial charge in [-0.1, -0.05) is 29.3 Å². The molecule has 1 atom stereocenters. The van der Waals surface area contributed by atoms with E-state index >= 15 is 0 Å². The molecule has 0 saturated heterocycles. The van der Waals surface area contributed by atoms with Gasteiger partial charge in [-0.3, -0.25) is 4.79 Å². The highest BCUT2D eigenvalue weighted by molar-refractivity contribution is 6.37. The molecule has 0 unspecified atom stereocenters. The van der Waals surface area contributed by atoms with Crippen molar-refractivity contribution in [2.24, 2.45) is 5.73 Å². The van der Waals surface area contributed by atoms with Crippen LogP contribution in [0.3, 0.4) is 0 Å². The van der Waals surface area contributed by atoms with Crippen LogP contribution in [-0.4, -0.2) is 18.0 Å². The Hall–Kier alpha value is -1.52. The zero-order chi connectivity index (χ0) is 13.7. The maximum atomic E-state index is 11.4. The Bertz CT molecular complexity index is 480. The van der Waals surface area contributed by atoms with Crippen LogP contribution >= 0.6 is 23.2 Å². The van der Waals surface area contributed by atoms with Gasteiger partial charge in [0.15, 0.2) is 6.10 Å². The third kappa shape index (κ3) is 4.05. The number of rotatable bonds is 4. The van der Waals surface area contributed by atoms with Gasteiger partial charge in [-0.25, -0.2) is 4.79 Å². The van der Waals surface area contributed by atoms with E-state index in [4.69, 9.17) is 33.7 Å². The molecule has 0 fully saturated rings. The minimum atomic E-state index is -0.983. The van der Waals surface area contributed by atoms with Crippen molar-refractivity contribution in [1.29, 1.82) is 0 Å².